The van der Waals surface area contributed by atoms with Gasteiger partial charge in [-0.3, -0.25) is 4.79 Å². The third-order valence-corrected chi connectivity index (χ3v) is 2.16. The van der Waals surface area contributed by atoms with Crippen molar-refractivity contribution in [2.24, 2.45) is 0 Å². The highest BCUT2D eigenvalue weighted by molar-refractivity contribution is 5.91. The number of hydrogen-bond donors (Lipinski definition) is 0. The maximum atomic E-state index is 10.7. The summed E-state index contributed by atoms with van der Waals surface area (Å²) < 4.78 is 5.54. The van der Waals surface area contributed by atoms with Gasteiger partial charge in [-0.25, -0.2) is 0 Å². The van der Waals surface area contributed by atoms with Gasteiger partial charge in [0.1, 0.15) is 5.75 Å². The van der Waals surface area contributed by atoms with Gasteiger partial charge in [-0.15, -0.1) is 0 Å². The first-order chi connectivity index (χ1) is 7.72. The van der Waals surface area contributed by atoms with E-state index >= 15 is 0 Å². The van der Waals surface area contributed by atoms with E-state index in [-0.39, 0.29) is 5.78 Å². The number of unbranched alkanes of at least 4 members (excludes halogenated alkanes) is 1. The molecule has 16 heavy (non-hydrogen) atoms. The van der Waals surface area contributed by atoms with E-state index in [2.05, 4.69) is 6.92 Å². The molecular weight excluding hydrogens is 200 g/mol. The SMILES string of the molecule is CCCCOc1ccc(C=CC(C)=O)cc1. The second-order valence-electron chi connectivity index (χ2n) is 3.72. The van der Waals surface area contributed by atoms with Gasteiger partial charge in [0, 0.05) is 0 Å². The van der Waals surface area contributed by atoms with Crippen molar-refractivity contribution in [3.05, 3.63) is 35.9 Å². The lowest BCUT2D eigenvalue weighted by Crippen LogP contribution is -1.95. The molecule has 1 rings (SSSR count). The fourth-order valence-electron chi connectivity index (χ4n) is 1.22. The molecule has 0 N–H and O–H groups in total. The normalized spacial score (nSPS) is 10.6. The highest BCUT2D eigenvalue weighted by Crippen LogP contribution is 2.13. The Bertz CT molecular complexity index is 350. The van der Waals surface area contributed by atoms with E-state index in [9.17, 15) is 4.79 Å². The quantitative estimate of drug-likeness (QED) is 0.540. The topological polar surface area (TPSA) is 26.3 Å². The van der Waals surface area contributed by atoms with Crippen LogP contribution < -0.4 is 4.74 Å². The first kappa shape index (κ1) is 12.5. The molecule has 0 bridgehead atoms. The van der Waals surface area contributed by atoms with E-state index in [1.807, 2.05) is 24.3 Å². The van der Waals surface area contributed by atoms with Crippen molar-refractivity contribution in [1.82, 2.24) is 0 Å². The van der Waals surface area contributed by atoms with Gasteiger partial charge in [-0.2, -0.15) is 0 Å². The van der Waals surface area contributed by atoms with Crippen molar-refractivity contribution in [2.45, 2.75) is 26.7 Å². The number of allylic oxidation sites excluding steroid dienone is 1. The Morgan fingerprint density at radius 3 is 2.56 bits per heavy atom. The van der Waals surface area contributed by atoms with E-state index in [1.165, 1.54) is 0 Å². The summed E-state index contributed by atoms with van der Waals surface area (Å²) in [5.74, 6) is 0.941. The van der Waals surface area contributed by atoms with E-state index in [4.69, 9.17) is 4.74 Å². The molecule has 0 aliphatic rings. The Kier molecular flexibility index (Phi) is 5.34. The van der Waals surface area contributed by atoms with E-state index in [0.29, 0.717) is 0 Å². The molecule has 2 heteroatoms. The third-order valence-electron chi connectivity index (χ3n) is 2.16. The molecule has 2 nitrogen and oxygen atoms in total. The van der Waals surface area contributed by atoms with Crippen molar-refractivity contribution in [3.63, 3.8) is 0 Å². The highest BCUT2D eigenvalue weighted by Gasteiger charge is 1.93. The van der Waals surface area contributed by atoms with Crippen molar-refractivity contribution in [1.29, 1.82) is 0 Å². The first-order valence-corrected chi connectivity index (χ1v) is 5.64. The summed E-state index contributed by atoms with van der Waals surface area (Å²) in [5.41, 5.74) is 1.01. The van der Waals surface area contributed by atoms with Crippen LogP contribution in [-0.4, -0.2) is 12.4 Å². The third kappa shape index (κ3) is 4.78. The van der Waals surface area contributed by atoms with Gasteiger partial charge in [-0.05, 0) is 37.1 Å². The Morgan fingerprint density at radius 2 is 2.00 bits per heavy atom. The lowest BCUT2D eigenvalue weighted by molar-refractivity contribution is -0.112. The van der Waals surface area contributed by atoms with Crippen LogP contribution in [0.4, 0.5) is 0 Å². The lowest BCUT2D eigenvalue weighted by Gasteiger charge is -2.04. The molecule has 1 aromatic carbocycles. The van der Waals surface area contributed by atoms with Crippen LogP contribution in [0.2, 0.25) is 0 Å². The molecule has 0 radical (unpaired) electrons. The van der Waals surface area contributed by atoms with Gasteiger partial charge in [0.25, 0.3) is 0 Å². The average molecular weight is 218 g/mol. The smallest absolute Gasteiger partial charge is 0.152 e. The Morgan fingerprint density at radius 1 is 1.31 bits per heavy atom. The molecule has 0 saturated heterocycles. The number of hydrogen-bond acceptors (Lipinski definition) is 2. The predicted molar refractivity (Wildman–Crippen MR) is 66.6 cm³/mol. The fraction of sp³-hybridized carbons (Fsp3) is 0.357. The van der Waals surface area contributed by atoms with Crippen LogP contribution in [-0.2, 0) is 4.79 Å². The largest absolute Gasteiger partial charge is 0.494 e. The lowest BCUT2D eigenvalue weighted by atomic mass is 10.2. The zero-order chi connectivity index (χ0) is 11.8. The monoisotopic (exact) mass is 218 g/mol. The molecule has 0 aliphatic heterocycles. The molecule has 0 amide bonds. The molecule has 1 aromatic rings. The minimum absolute atomic E-state index is 0.0586. The molecule has 0 saturated carbocycles. The van der Waals surface area contributed by atoms with Crippen LogP contribution in [0.3, 0.4) is 0 Å². The summed E-state index contributed by atoms with van der Waals surface area (Å²) in [4.78, 5) is 10.7. The molecule has 0 fully saturated rings. The van der Waals surface area contributed by atoms with Gasteiger partial charge in [0.2, 0.25) is 0 Å². The zero-order valence-electron chi connectivity index (χ0n) is 9.90. The molecule has 0 heterocycles. The van der Waals surface area contributed by atoms with Crippen molar-refractivity contribution < 1.29 is 9.53 Å². The zero-order valence-corrected chi connectivity index (χ0v) is 9.90. The number of carbonyl (C=O) groups is 1. The molecular formula is C14H18O2. The summed E-state index contributed by atoms with van der Waals surface area (Å²) in [6.07, 6.45) is 5.58. The summed E-state index contributed by atoms with van der Waals surface area (Å²) in [6.45, 7) is 4.44. The first-order valence-electron chi connectivity index (χ1n) is 5.64. The summed E-state index contributed by atoms with van der Waals surface area (Å²) in [5, 5.41) is 0. The van der Waals surface area contributed by atoms with Crippen LogP contribution in [0.25, 0.3) is 6.08 Å². The summed E-state index contributed by atoms with van der Waals surface area (Å²) >= 11 is 0. The van der Waals surface area contributed by atoms with Gasteiger partial charge >= 0.3 is 0 Å². The second kappa shape index (κ2) is 6.83. The van der Waals surface area contributed by atoms with Crippen LogP contribution >= 0.6 is 0 Å². The van der Waals surface area contributed by atoms with Gasteiger partial charge in [-0.1, -0.05) is 31.6 Å². The minimum atomic E-state index is 0.0586. The van der Waals surface area contributed by atoms with E-state index in [0.717, 1.165) is 30.8 Å². The average Bonchev–Trinajstić information content (AvgIpc) is 2.28. The van der Waals surface area contributed by atoms with E-state index in [1.54, 1.807) is 19.1 Å². The number of ether oxygens (including phenoxy) is 1. The second-order valence-corrected chi connectivity index (χ2v) is 3.72. The Labute approximate surface area is 96.9 Å². The summed E-state index contributed by atoms with van der Waals surface area (Å²) in [6, 6.07) is 7.74. The fourth-order valence-corrected chi connectivity index (χ4v) is 1.22. The van der Waals surface area contributed by atoms with Crippen molar-refractivity contribution in [3.8, 4) is 5.75 Å². The van der Waals surface area contributed by atoms with E-state index < -0.39 is 0 Å². The number of rotatable bonds is 6. The highest BCUT2D eigenvalue weighted by atomic mass is 16.5. The predicted octanol–water partition coefficient (Wildman–Crippen LogP) is 3.47. The molecule has 0 unspecified atom stereocenters. The molecule has 86 valence electrons. The molecule has 0 aliphatic carbocycles. The standard InChI is InChI=1S/C14H18O2/c1-3-4-11-16-14-9-7-13(8-10-14)6-5-12(2)15/h5-10H,3-4,11H2,1-2H3. The minimum Gasteiger partial charge on any atom is -0.494 e. The van der Waals surface area contributed by atoms with Gasteiger partial charge < -0.3 is 4.74 Å². The maximum absolute atomic E-state index is 10.7. The van der Waals surface area contributed by atoms with Crippen LogP contribution in [0.15, 0.2) is 30.3 Å². The molecule has 0 spiro atoms. The van der Waals surface area contributed by atoms with Crippen LogP contribution in [0.5, 0.6) is 5.75 Å². The number of carbonyl (C=O) groups excluding carboxylic acids is 1. The summed E-state index contributed by atoms with van der Waals surface area (Å²) in [7, 11) is 0. The van der Waals surface area contributed by atoms with Crippen LogP contribution in [0.1, 0.15) is 32.3 Å². The maximum Gasteiger partial charge on any atom is 0.152 e. The number of benzene rings is 1. The number of ketones is 1. The molecule has 0 aromatic heterocycles. The van der Waals surface area contributed by atoms with Crippen molar-refractivity contribution >= 4 is 11.9 Å². The van der Waals surface area contributed by atoms with Crippen molar-refractivity contribution in [2.75, 3.05) is 6.61 Å². The Hall–Kier alpha value is -1.57. The Balaban J connectivity index is 2.51. The van der Waals surface area contributed by atoms with Gasteiger partial charge in [0.15, 0.2) is 5.78 Å². The molecule has 0 atom stereocenters. The van der Waals surface area contributed by atoms with Gasteiger partial charge in [0.05, 0.1) is 6.61 Å². The van der Waals surface area contributed by atoms with Crippen LogP contribution in [0, 0.1) is 0 Å².